The summed E-state index contributed by atoms with van der Waals surface area (Å²) in [6, 6.07) is 7.72. The topological polar surface area (TPSA) is 57.2 Å². The molecule has 1 aromatic carbocycles. The monoisotopic (exact) mass is 294 g/mol. The minimum atomic E-state index is -0.781. The molecule has 2 aliphatic rings. The first-order chi connectivity index (χ1) is 9.93. The lowest BCUT2D eigenvalue weighted by atomic mass is 9.96. The van der Waals surface area contributed by atoms with Crippen molar-refractivity contribution in [2.75, 3.05) is 7.11 Å². The fraction of sp³-hybridized carbons (Fsp3) is 0.625. The molecule has 116 valence electrons. The molecule has 0 bridgehead atoms. The number of aliphatic hydroxyl groups excluding tert-OH is 1. The van der Waals surface area contributed by atoms with Crippen LogP contribution in [0.1, 0.15) is 31.1 Å². The van der Waals surface area contributed by atoms with E-state index in [9.17, 15) is 5.11 Å². The lowest BCUT2D eigenvalue weighted by Gasteiger charge is -2.26. The van der Waals surface area contributed by atoms with E-state index in [0.717, 1.165) is 11.1 Å². The maximum atomic E-state index is 10.7. The number of benzene rings is 1. The van der Waals surface area contributed by atoms with Crippen LogP contribution in [0.3, 0.4) is 0 Å². The quantitative estimate of drug-likeness (QED) is 0.923. The van der Waals surface area contributed by atoms with Crippen molar-refractivity contribution in [3.8, 4) is 0 Å². The van der Waals surface area contributed by atoms with E-state index in [1.54, 1.807) is 7.11 Å². The highest BCUT2D eigenvalue weighted by Gasteiger charge is 2.57. The third-order valence-corrected chi connectivity index (χ3v) is 4.10. The molecule has 2 aliphatic heterocycles. The molecule has 5 nitrogen and oxygen atoms in total. The largest absolute Gasteiger partial charge is 0.386 e. The molecule has 0 unspecified atom stereocenters. The Hall–Kier alpha value is -0.980. The lowest BCUT2D eigenvalue weighted by Crippen LogP contribution is -2.34. The Morgan fingerprint density at radius 3 is 2.52 bits per heavy atom. The first kappa shape index (κ1) is 14.9. The Bertz CT molecular complexity index is 515. The summed E-state index contributed by atoms with van der Waals surface area (Å²) in [5, 5.41) is 10.7. The number of rotatable bonds is 3. The first-order valence-electron chi connectivity index (χ1n) is 7.20. The van der Waals surface area contributed by atoms with Crippen molar-refractivity contribution in [2.24, 2.45) is 0 Å². The Kier molecular flexibility index (Phi) is 3.80. The van der Waals surface area contributed by atoms with Crippen molar-refractivity contribution in [2.45, 2.75) is 57.3 Å². The minimum absolute atomic E-state index is 0.325. The summed E-state index contributed by atoms with van der Waals surface area (Å²) in [6.45, 7) is 5.68. The van der Waals surface area contributed by atoms with Crippen LogP contribution in [0.2, 0.25) is 0 Å². The molecule has 1 aromatic rings. The van der Waals surface area contributed by atoms with E-state index in [4.69, 9.17) is 18.9 Å². The van der Waals surface area contributed by atoms with Gasteiger partial charge in [0.1, 0.15) is 24.4 Å². The summed E-state index contributed by atoms with van der Waals surface area (Å²) in [7, 11) is 1.57. The summed E-state index contributed by atoms with van der Waals surface area (Å²) < 4.78 is 22.9. The fourth-order valence-corrected chi connectivity index (χ4v) is 3.13. The molecule has 0 radical (unpaired) electrons. The normalized spacial score (nSPS) is 35.7. The number of aryl methyl sites for hydroxylation is 1. The number of methoxy groups -OCH3 is 1. The molecule has 0 aromatic heterocycles. The van der Waals surface area contributed by atoms with Gasteiger partial charge in [0, 0.05) is 7.11 Å². The fourth-order valence-electron chi connectivity index (χ4n) is 3.13. The SMILES string of the molecule is CO[C@H]1O[C@H]([C@H](O)c2ccccc2C)[C@@H]2OC(C)(C)O[C@H]12. The Balaban J connectivity index is 1.87. The first-order valence-corrected chi connectivity index (χ1v) is 7.20. The van der Waals surface area contributed by atoms with Gasteiger partial charge in [0.25, 0.3) is 0 Å². The van der Waals surface area contributed by atoms with E-state index in [0.29, 0.717) is 0 Å². The van der Waals surface area contributed by atoms with Crippen LogP contribution in [0.15, 0.2) is 24.3 Å². The molecule has 0 amide bonds. The molecule has 21 heavy (non-hydrogen) atoms. The van der Waals surface area contributed by atoms with Crippen LogP contribution >= 0.6 is 0 Å². The summed E-state index contributed by atoms with van der Waals surface area (Å²) in [5.41, 5.74) is 1.86. The molecule has 2 fully saturated rings. The van der Waals surface area contributed by atoms with Gasteiger partial charge in [-0.05, 0) is 31.9 Å². The third kappa shape index (κ3) is 2.60. The van der Waals surface area contributed by atoms with E-state index < -0.39 is 24.3 Å². The van der Waals surface area contributed by atoms with Gasteiger partial charge in [0.15, 0.2) is 12.1 Å². The van der Waals surface area contributed by atoms with Gasteiger partial charge < -0.3 is 24.1 Å². The van der Waals surface area contributed by atoms with E-state index in [1.165, 1.54) is 0 Å². The molecule has 5 atom stereocenters. The maximum absolute atomic E-state index is 10.7. The van der Waals surface area contributed by atoms with Crippen LogP contribution in [-0.2, 0) is 18.9 Å². The summed E-state index contributed by atoms with van der Waals surface area (Å²) in [5.74, 6) is -0.695. The summed E-state index contributed by atoms with van der Waals surface area (Å²) >= 11 is 0. The van der Waals surface area contributed by atoms with Gasteiger partial charge in [-0.25, -0.2) is 0 Å². The lowest BCUT2D eigenvalue weighted by molar-refractivity contribution is -0.237. The second kappa shape index (κ2) is 5.34. The molecule has 5 heteroatoms. The van der Waals surface area contributed by atoms with Gasteiger partial charge in [0.05, 0.1) is 0 Å². The molecular weight excluding hydrogens is 272 g/mol. The van der Waals surface area contributed by atoms with Crippen LogP contribution < -0.4 is 0 Å². The highest BCUT2D eigenvalue weighted by molar-refractivity contribution is 5.29. The molecule has 0 spiro atoms. The Morgan fingerprint density at radius 1 is 1.19 bits per heavy atom. The molecule has 2 saturated heterocycles. The third-order valence-electron chi connectivity index (χ3n) is 4.10. The number of aliphatic hydroxyl groups is 1. The number of hydrogen-bond acceptors (Lipinski definition) is 5. The van der Waals surface area contributed by atoms with Gasteiger partial charge in [-0.3, -0.25) is 0 Å². The van der Waals surface area contributed by atoms with Crippen molar-refractivity contribution in [1.82, 2.24) is 0 Å². The summed E-state index contributed by atoms with van der Waals surface area (Å²) in [4.78, 5) is 0. The zero-order chi connectivity index (χ0) is 15.2. The van der Waals surface area contributed by atoms with E-state index in [1.807, 2.05) is 45.0 Å². The zero-order valence-electron chi connectivity index (χ0n) is 12.8. The van der Waals surface area contributed by atoms with Crippen molar-refractivity contribution in [1.29, 1.82) is 0 Å². The van der Waals surface area contributed by atoms with Crippen LogP contribution in [0.5, 0.6) is 0 Å². The smallest absolute Gasteiger partial charge is 0.186 e. The average molecular weight is 294 g/mol. The van der Waals surface area contributed by atoms with Crippen LogP contribution in [0.25, 0.3) is 0 Å². The molecule has 1 N–H and O–H groups in total. The molecule has 3 rings (SSSR count). The summed E-state index contributed by atoms with van der Waals surface area (Å²) in [6.07, 6.45) is -2.49. The van der Waals surface area contributed by atoms with Crippen molar-refractivity contribution in [3.05, 3.63) is 35.4 Å². The molecular formula is C16H22O5. The minimum Gasteiger partial charge on any atom is -0.386 e. The van der Waals surface area contributed by atoms with Crippen LogP contribution in [0, 0.1) is 6.92 Å². The number of hydrogen-bond donors (Lipinski definition) is 1. The highest BCUT2D eigenvalue weighted by atomic mass is 16.8. The van der Waals surface area contributed by atoms with Crippen molar-refractivity contribution in [3.63, 3.8) is 0 Å². The predicted octanol–water partition coefficient (Wildman–Crippen LogP) is 1.92. The predicted molar refractivity (Wildman–Crippen MR) is 75.6 cm³/mol. The standard InChI is InChI=1S/C16H22O5/c1-9-7-5-6-8-10(9)11(17)12-13-14(15(18-4)19-12)21-16(2,3)20-13/h5-8,11-15,17H,1-4H3/t11-,12-,13+,14+,15+/m1/s1. The van der Waals surface area contributed by atoms with E-state index in [2.05, 4.69) is 0 Å². The van der Waals surface area contributed by atoms with Gasteiger partial charge in [0.2, 0.25) is 0 Å². The Morgan fingerprint density at radius 2 is 1.86 bits per heavy atom. The number of ether oxygens (including phenoxy) is 4. The average Bonchev–Trinajstić information content (AvgIpc) is 2.91. The zero-order valence-corrected chi connectivity index (χ0v) is 12.8. The van der Waals surface area contributed by atoms with E-state index >= 15 is 0 Å². The van der Waals surface area contributed by atoms with Gasteiger partial charge in [-0.2, -0.15) is 0 Å². The van der Waals surface area contributed by atoms with Crippen molar-refractivity contribution >= 4 is 0 Å². The van der Waals surface area contributed by atoms with E-state index in [-0.39, 0.29) is 12.2 Å². The maximum Gasteiger partial charge on any atom is 0.186 e. The molecule has 0 saturated carbocycles. The van der Waals surface area contributed by atoms with Crippen molar-refractivity contribution < 1.29 is 24.1 Å². The second-order valence-corrected chi connectivity index (χ2v) is 6.07. The molecule has 0 aliphatic carbocycles. The van der Waals surface area contributed by atoms with Gasteiger partial charge >= 0.3 is 0 Å². The van der Waals surface area contributed by atoms with Gasteiger partial charge in [-0.15, -0.1) is 0 Å². The Labute approximate surface area is 124 Å². The van der Waals surface area contributed by atoms with Gasteiger partial charge in [-0.1, -0.05) is 24.3 Å². The van der Waals surface area contributed by atoms with Crippen LogP contribution in [0.4, 0.5) is 0 Å². The number of fused-ring (bicyclic) bond motifs is 1. The molecule has 2 heterocycles. The van der Waals surface area contributed by atoms with Crippen LogP contribution in [-0.4, -0.2) is 42.6 Å². The second-order valence-electron chi connectivity index (χ2n) is 6.07. The highest BCUT2D eigenvalue weighted by Crippen LogP contribution is 2.43.